The summed E-state index contributed by atoms with van der Waals surface area (Å²) in [6.07, 6.45) is 5.68. The first-order valence-corrected chi connectivity index (χ1v) is 22.9. The highest BCUT2D eigenvalue weighted by atomic mass is 19.3. The summed E-state index contributed by atoms with van der Waals surface area (Å²) >= 11 is 0. The summed E-state index contributed by atoms with van der Waals surface area (Å²) in [6.45, 7) is 7.52. The number of fused-ring (bicyclic) bond motifs is 2. The standard InChI is InChI=1S/C47H57F2N11O5/c1-30(61)58-16-12-40-39(27-58)46(59-13-4-6-32-23-37(34-25-50-54(2)26-34)38(45(48)49)24-41(32)59)53-60(40)36-10-14-57(15-11-36)44(64)29-56-19-17-55(18-20-56)28-43(63)51-35-7-3-5-31(22-35)21-33-8-9-42(62)52-47(33)65/h3,5,7,22-26,33,36,45H,4,6,8-21,27-29H2,1-2H3,(H,51,63)(H,52,62,65). The Hall–Kier alpha value is -6.01. The van der Waals surface area contributed by atoms with Gasteiger partial charge < -0.3 is 20.0 Å². The van der Waals surface area contributed by atoms with Crippen LogP contribution in [0, 0.1) is 5.92 Å². The Balaban J connectivity index is 0.802. The van der Waals surface area contributed by atoms with Gasteiger partial charge in [-0.1, -0.05) is 12.1 Å². The fourth-order valence-electron chi connectivity index (χ4n) is 10.2. The Bertz CT molecular complexity index is 2470. The maximum atomic E-state index is 14.7. The molecule has 0 spiro atoms. The highest BCUT2D eigenvalue weighted by Crippen LogP contribution is 2.44. The quantitative estimate of drug-likeness (QED) is 0.209. The molecule has 4 aromatic rings. The van der Waals surface area contributed by atoms with E-state index in [1.54, 1.807) is 37.1 Å². The van der Waals surface area contributed by atoms with Crippen molar-refractivity contribution < 1.29 is 32.8 Å². The van der Waals surface area contributed by atoms with Gasteiger partial charge in [0.2, 0.25) is 29.5 Å². The van der Waals surface area contributed by atoms with Crippen LogP contribution in [0.15, 0.2) is 48.8 Å². The largest absolute Gasteiger partial charge is 0.341 e. The molecule has 1 unspecified atom stereocenters. The first kappa shape index (κ1) is 44.2. The molecule has 2 N–H and O–H groups in total. The van der Waals surface area contributed by atoms with Crippen LogP contribution in [0.2, 0.25) is 0 Å². The fraction of sp³-hybridized carbons (Fsp3) is 0.511. The number of hydrogen-bond acceptors (Lipinski definition) is 10. The molecule has 3 fully saturated rings. The molecule has 5 aliphatic heterocycles. The van der Waals surface area contributed by atoms with Gasteiger partial charge >= 0.3 is 0 Å². The number of halogens is 2. The lowest BCUT2D eigenvalue weighted by molar-refractivity contribution is -0.136. The monoisotopic (exact) mass is 893 g/mol. The van der Waals surface area contributed by atoms with Crippen LogP contribution in [0.5, 0.6) is 0 Å². The normalized spacial score (nSPS) is 19.9. The van der Waals surface area contributed by atoms with E-state index in [0.29, 0.717) is 114 Å². The number of nitrogens with zero attached hydrogens (tertiary/aromatic N) is 9. The minimum atomic E-state index is -2.69. The number of carbonyl (C=O) groups excluding carboxylic acids is 5. The molecule has 2 aromatic heterocycles. The molecule has 5 aliphatic rings. The zero-order chi connectivity index (χ0) is 45.4. The number of benzene rings is 2. The first-order chi connectivity index (χ1) is 31.4. The van der Waals surface area contributed by atoms with Crippen LogP contribution in [-0.4, -0.2) is 134 Å². The highest BCUT2D eigenvalue weighted by Gasteiger charge is 2.36. The van der Waals surface area contributed by atoms with Crippen molar-refractivity contribution >= 4 is 46.7 Å². The van der Waals surface area contributed by atoms with E-state index in [0.717, 1.165) is 53.8 Å². The number of alkyl halides is 2. The molecule has 18 heteroatoms. The third-order valence-electron chi connectivity index (χ3n) is 13.8. The Morgan fingerprint density at radius 3 is 2.37 bits per heavy atom. The van der Waals surface area contributed by atoms with Crippen LogP contribution in [0.4, 0.5) is 26.0 Å². The highest BCUT2D eigenvalue weighted by molar-refractivity contribution is 5.98. The fourth-order valence-corrected chi connectivity index (χ4v) is 10.2. The van der Waals surface area contributed by atoms with Gasteiger partial charge in [0.15, 0.2) is 5.82 Å². The van der Waals surface area contributed by atoms with Crippen LogP contribution >= 0.6 is 0 Å². The summed E-state index contributed by atoms with van der Waals surface area (Å²) in [5.41, 5.74) is 6.40. The summed E-state index contributed by atoms with van der Waals surface area (Å²) in [6, 6.07) is 11.0. The topological polar surface area (TPSA) is 161 Å². The molecule has 3 saturated heterocycles. The van der Waals surface area contributed by atoms with Crippen LogP contribution in [0.25, 0.3) is 11.1 Å². The molecule has 9 rings (SSSR count). The Labute approximate surface area is 376 Å². The van der Waals surface area contributed by atoms with Gasteiger partial charge in [-0.15, -0.1) is 0 Å². The van der Waals surface area contributed by atoms with Crippen molar-refractivity contribution in [2.45, 2.75) is 77.3 Å². The number of anilines is 3. The van der Waals surface area contributed by atoms with Gasteiger partial charge in [-0.05, 0) is 79.5 Å². The minimum absolute atomic E-state index is 0.0173. The molecule has 65 heavy (non-hydrogen) atoms. The molecule has 2 aromatic carbocycles. The van der Waals surface area contributed by atoms with Crippen molar-refractivity contribution in [3.63, 3.8) is 0 Å². The van der Waals surface area contributed by atoms with Crippen molar-refractivity contribution in [1.29, 1.82) is 0 Å². The predicted molar refractivity (Wildman–Crippen MR) is 238 cm³/mol. The molecule has 16 nitrogen and oxygen atoms in total. The first-order valence-electron chi connectivity index (χ1n) is 22.9. The number of aryl methyl sites for hydroxylation is 2. The number of likely N-dealkylation sites (tertiary alicyclic amines) is 1. The maximum Gasteiger partial charge on any atom is 0.264 e. The number of hydrogen-bond donors (Lipinski definition) is 2. The Kier molecular flexibility index (Phi) is 12.8. The predicted octanol–water partition coefficient (Wildman–Crippen LogP) is 4.23. The van der Waals surface area contributed by atoms with Gasteiger partial charge in [-0.3, -0.25) is 48.5 Å². The van der Waals surface area contributed by atoms with Crippen LogP contribution in [0.1, 0.15) is 79.4 Å². The maximum absolute atomic E-state index is 14.7. The van der Waals surface area contributed by atoms with Crippen LogP contribution in [0.3, 0.4) is 0 Å². The average Bonchev–Trinajstić information content (AvgIpc) is 3.90. The summed E-state index contributed by atoms with van der Waals surface area (Å²) in [5, 5.41) is 14.9. The third-order valence-corrected chi connectivity index (χ3v) is 13.8. The van der Waals surface area contributed by atoms with Gasteiger partial charge in [0, 0.05) is 125 Å². The van der Waals surface area contributed by atoms with E-state index in [2.05, 4.69) is 35.1 Å². The Morgan fingerprint density at radius 2 is 1.66 bits per heavy atom. The molecule has 344 valence electrons. The molecule has 0 bridgehead atoms. The molecule has 1 atom stereocenters. The SMILES string of the molecule is CC(=O)N1CCc2c(c(N3CCCc4cc(-c5cnn(C)c5)c(C(F)F)cc43)nn2C2CCN(C(=O)CN3CCN(CC(=O)Nc4cccc(CC5CCC(=O)NC5=O)c4)CC3)CC2)C1. The number of nitrogens with one attached hydrogen (secondary N) is 2. The van der Waals surface area contributed by atoms with E-state index in [4.69, 9.17) is 5.10 Å². The smallest absolute Gasteiger partial charge is 0.264 e. The second-order valence-electron chi connectivity index (χ2n) is 18.2. The number of carbonyl (C=O) groups is 5. The van der Waals surface area contributed by atoms with Crippen molar-refractivity contribution in [3.8, 4) is 11.1 Å². The number of aromatic nitrogens is 4. The average molecular weight is 894 g/mol. The van der Waals surface area contributed by atoms with E-state index in [1.807, 2.05) is 40.1 Å². The van der Waals surface area contributed by atoms with Crippen molar-refractivity contribution in [3.05, 3.63) is 76.7 Å². The van der Waals surface area contributed by atoms with Crippen LogP contribution in [-0.2, 0) is 56.8 Å². The number of piperidine rings is 2. The number of rotatable bonds is 11. The van der Waals surface area contributed by atoms with Gasteiger partial charge in [0.25, 0.3) is 6.43 Å². The molecule has 0 radical (unpaired) electrons. The van der Waals surface area contributed by atoms with Gasteiger partial charge in [0.1, 0.15) is 0 Å². The molecule has 7 heterocycles. The zero-order valence-electron chi connectivity index (χ0n) is 37.1. The van der Waals surface area contributed by atoms with Gasteiger partial charge in [-0.2, -0.15) is 10.2 Å². The van der Waals surface area contributed by atoms with Crippen molar-refractivity contribution in [2.24, 2.45) is 13.0 Å². The second-order valence-corrected chi connectivity index (χ2v) is 18.2. The summed E-state index contributed by atoms with van der Waals surface area (Å²) < 4.78 is 33.2. The summed E-state index contributed by atoms with van der Waals surface area (Å²) in [4.78, 5) is 73.2. The number of piperazine rings is 1. The van der Waals surface area contributed by atoms with E-state index < -0.39 is 6.43 Å². The van der Waals surface area contributed by atoms with Crippen molar-refractivity contribution in [2.75, 3.05) is 75.7 Å². The molecular weight excluding hydrogens is 837 g/mol. The molecule has 0 saturated carbocycles. The van der Waals surface area contributed by atoms with Gasteiger partial charge in [0.05, 0.1) is 31.9 Å². The van der Waals surface area contributed by atoms with E-state index >= 15 is 0 Å². The number of imide groups is 1. The lowest BCUT2D eigenvalue weighted by atomic mass is 9.91. The third kappa shape index (κ3) is 9.69. The lowest BCUT2D eigenvalue weighted by Gasteiger charge is -2.37. The lowest BCUT2D eigenvalue weighted by Crippen LogP contribution is -2.52. The molecular formula is C47H57F2N11O5. The summed E-state index contributed by atoms with van der Waals surface area (Å²) in [5.74, 6) is -0.112. The summed E-state index contributed by atoms with van der Waals surface area (Å²) in [7, 11) is 1.77. The Morgan fingerprint density at radius 1 is 0.892 bits per heavy atom. The van der Waals surface area contributed by atoms with E-state index in [-0.39, 0.29) is 53.6 Å². The number of amides is 5. The van der Waals surface area contributed by atoms with E-state index in [9.17, 15) is 32.8 Å². The second kappa shape index (κ2) is 18.8. The molecule has 0 aliphatic carbocycles. The van der Waals surface area contributed by atoms with Gasteiger partial charge in [-0.25, -0.2) is 8.78 Å². The van der Waals surface area contributed by atoms with Crippen LogP contribution < -0.4 is 15.5 Å². The zero-order valence-corrected chi connectivity index (χ0v) is 37.1. The van der Waals surface area contributed by atoms with E-state index in [1.165, 1.54) is 0 Å². The minimum Gasteiger partial charge on any atom is -0.341 e. The molecule has 5 amide bonds. The van der Waals surface area contributed by atoms with Crippen molar-refractivity contribution in [1.82, 2.24) is 44.5 Å².